The van der Waals surface area contributed by atoms with Crippen molar-refractivity contribution in [3.8, 4) is 0 Å². The van der Waals surface area contributed by atoms with Crippen LogP contribution in [0.15, 0.2) is 29.9 Å². The fourth-order valence-electron chi connectivity index (χ4n) is 2.15. The van der Waals surface area contributed by atoms with Crippen molar-refractivity contribution in [2.24, 2.45) is 11.7 Å². The van der Waals surface area contributed by atoms with E-state index in [0.29, 0.717) is 18.5 Å². The van der Waals surface area contributed by atoms with Gasteiger partial charge in [0.1, 0.15) is 5.76 Å². The molecule has 1 aromatic rings. The average molecular weight is 247 g/mol. The van der Waals surface area contributed by atoms with Crippen molar-refractivity contribution < 1.29 is 10.2 Å². The fraction of sp³-hybridized carbons (Fsp3) is 0.385. The topological polar surface area (TPSA) is 92.3 Å². The summed E-state index contributed by atoms with van der Waals surface area (Å²) < 4.78 is 0. The van der Waals surface area contributed by atoms with Crippen molar-refractivity contribution in [1.29, 1.82) is 0 Å². The molecule has 0 radical (unpaired) electrons. The second-order valence-corrected chi connectivity index (χ2v) is 4.52. The van der Waals surface area contributed by atoms with Gasteiger partial charge in [-0.25, -0.2) is 0 Å². The molecule has 2 rings (SSSR count). The molecule has 4 N–H and O–H groups in total. The van der Waals surface area contributed by atoms with Gasteiger partial charge in [0.05, 0.1) is 17.1 Å². The number of aromatic nitrogens is 2. The normalized spacial score (nSPS) is 21.2. The molecule has 0 bridgehead atoms. The quantitative estimate of drug-likeness (QED) is 0.697. The van der Waals surface area contributed by atoms with E-state index in [4.69, 9.17) is 5.73 Å². The van der Waals surface area contributed by atoms with Crippen molar-refractivity contribution in [2.45, 2.75) is 26.2 Å². The first-order valence-electron chi connectivity index (χ1n) is 5.94. The van der Waals surface area contributed by atoms with Gasteiger partial charge in [-0.3, -0.25) is 0 Å². The molecule has 0 spiro atoms. The van der Waals surface area contributed by atoms with Crippen molar-refractivity contribution in [3.05, 3.63) is 41.2 Å². The molecule has 1 heterocycles. The Kier molecular flexibility index (Phi) is 3.50. The number of hydrogen-bond donors (Lipinski definition) is 3. The van der Waals surface area contributed by atoms with Crippen LogP contribution in [-0.2, 0) is 0 Å². The highest BCUT2D eigenvalue weighted by molar-refractivity contribution is 5.65. The Labute approximate surface area is 106 Å². The molecule has 1 aliphatic carbocycles. The van der Waals surface area contributed by atoms with Crippen LogP contribution < -0.4 is 5.73 Å². The van der Waals surface area contributed by atoms with Crippen LogP contribution in [0.3, 0.4) is 0 Å². The predicted octanol–water partition coefficient (Wildman–Crippen LogP) is 2.21. The zero-order chi connectivity index (χ0) is 13.1. The molecule has 0 saturated carbocycles. The zero-order valence-electron chi connectivity index (χ0n) is 10.3. The molecule has 0 saturated heterocycles. The van der Waals surface area contributed by atoms with Crippen LogP contribution >= 0.6 is 0 Å². The molecule has 0 aromatic carbocycles. The van der Waals surface area contributed by atoms with Gasteiger partial charge >= 0.3 is 0 Å². The second-order valence-electron chi connectivity index (χ2n) is 4.52. The van der Waals surface area contributed by atoms with E-state index >= 15 is 0 Å². The Hall–Kier alpha value is -2.04. The molecule has 1 aliphatic rings. The van der Waals surface area contributed by atoms with E-state index in [9.17, 15) is 10.2 Å². The molecule has 18 heavy (non-hydrogen) atoms. The lowest BCUT2D eigenvalue weighted by Gasteiger charge is -2.23. The highest BCUT2D eigenvalue weighted by Crippen LogP contribution is 2.35. The first kappa shape index (κ1) is 12.4. The molecular formula is C13H17N3O2. The number of aliphatic hydroxyl groups is 2. The summed E-state index contributed by atoms with van der Waals surface area (Å²) in [6.07, 6.45) is 2.99. The monoisotopic (exact) mass is 247 g/mol. The highest BCUT2D eigenvalue weighted by atomic mass is 16.3. The minimum atomic E-state index is -0.0999. The third-order valence-electron chi connectivity index (χ3n) is 3.23. The Morgan fingerprint density at radius 1 is 1.44 bits per heavy atom. The number of allylic oxidation sites excluding steroid dienone is 3. The maximum absolute atomic E-state index is 10.0. The molecule has 1 aromatic heterocycles. The first-order chi connectivity index (χ1) is 8.61. The summed E-state index contributed by atoms with van der Waals surface area (Å²) in [6, 6.07) is 3.72. The van der Waals surface area contributed by atoms with Gasteiger partial charge in [-0.2, -0.15) is 10.2 Å². The maximum Gasteiger partial charge on any atom is 0.111 e. The lowest BCUT2D eigenvalue weighted by Crippen LogP contribution is -2.14. The van der Waals surface area contributed by atoms with E-state index in [1.54, 1.807) is 0 Å². The van der Waals surface area contributed by atoms with Crippen molar-refractivity contribution >= 4 is 5.57 Å². The third kappa shape index (κ3) is 2.45. The van der Waals surface area contributed by atoms with Crippen LogP contribution in [-0.4, -0.2) is 20.4 Å². The smallest absolute Gasteiger partial charge is 0.111 e. The number of aliphatic hydroxyl groups excluding tert-OH is 2. The van der Waals surface area contributed by atoms with Crippen LogP contribution in [0.5, 0.6) is 0 Å². The molecule has 0 aliphatic heterocycles. The van der Waals surface area contributed by atoms with Crippen LogP contribution in [0.2, 0.25) is 0 Å². The van der Waals surface area contributed by atoms with Crippen molar-refractivity contribution in [1.82, 2.24) is 10.2 Å². The lowest BCUT2D eigenvalue weighted by atomic mass is 9.86. The number of hydrogen-bond acceptors (Lipinski definition) is 5. The van der Waals surface area contributed by atoms with Crippen molar-refractivity contribution in [2.75, 3.05) is 0 Å². The van der Waals surface area contributed by atoms with E-state index in [1.807, 2.05) is 19.1 Å². The summed E-state index contributed by atoms with van der Waals surface area (Å²) in [5.74, 6) is 0.297. The van der Waals surface area contributed by atoms with E-state index < -0.39 is 0 Å². The Bertz CT molecular complexity index is 491. The van der Waals surface area contributed by atoms with Crippen LogP contribution in [0.25, 0.3) is 5.57 Å². The summed E-state index contributed by atoms with van der Waals surface area (Å²) in [6.45, 7) is 1.87. The molecule has 1 unspecified atom stereocenters. The minimum absolute atomic E-state index is 0.0999. The van der Waals surface area contributed by atoms with Gasteiger partial charge < -0.3 is 15.9 Å². The van der Waals surface area contributed by atoms with Crippen molar-refractivity contribution in [3.63, 3.8) is 0 Å². The van der Waals surface area contributed by atoms with Gasteiger partial charge in [-0.1, -0.05) is 0 Å². The first-order valence-corrected chi connectivity index (χ1v) is 5.94. The number of rotatable bonds is 2. The van der Waals surface area contributed by atoms with Gasteiger partial charge in [0.25, 0.3) is 0 Å². The van der Waals surface area contributed by atoms with Gasteiger partial charge in [0, 0.05) is 24.1 Å². The Balaban J connectivity index is 2.23. The lowest BCUT2D eigenvalue weighted by molar-refractivity contribution is 0.275. The number of nitrogens with two attached hydrogens (primary N) is 1. The molecule has 5 nitrogen and oxygen atoms in total. The molecule has 1 atom stereocenters. The van der Waals surface area contributed by atoms with E-state index in [1.165, 1.54) is 6.20 Å². The summed E-state index contributed by atoms with van der Waals surface area (Å²) in [7, 11) is 0. The highest BCUT2D eigenvalue weighted by Gasteiger charge is 2.25. The Morgan fingerprint density at radius 2 is 2.22 bits per heavy atom. The molecule has 0 fully saturated rings. The largest absolute Gasteiger partial charge is 0.512 e. The standard InChI is InChI=1S/C13H17N3O2/c1-8-2-5-11(16-15-8)10-4-3-9(6-12(10)17)13(18)7-14/h2,5,7,9,17-18H,3-4,6,14H2,1H3/b13-7-. The van der Waals surface area contributed by atoms with Gasteiger partial charge in [0.15, 0.2) is 0 Å². The summed E-state index contributed by atoms with van der Waals surface area (Å²) >= 11 is 0. The van der Waals surface area contributed by atoms with Crippen LogP contribution in [0.4, 0.5) is 0 Å². The predicted molar refractivity (Wildman–Crippen MR) is 68.6 cm³/mol. The fourth-order valence-corrected chi connectivity index (χ4v) is 2.15. The van der Waals surface area contributed by atoms with Gasteiger partial charge in [0.2, 0.25) is 0 Å². The SMILES string of the molecule is Cc1ccc(C2=C(O)CC(/C(O)=C/N)CC2)nn1. The van der Waals surface area contributed by atoms with Crippen LogP contribution in [0.1, 0.15) is 30.7 Å². The molecule has 5 heteroatoms. The van der Waals surface area contributed by atoms with E-state index in [0.717, 1.165) is 17.7 Å². The summed E-state index contributed by atoms with van der Waals surface area (Å²) in [4.78, 5) is 0. The van der Waals surface area contributed by atoms with Crippen LogP contribution in [0, 0.1) is 12.8 Å². The minimum Gasteiger partial charge on any atom is -0.512 e. The van der Waals surface area contributed by atoms with E-state index in [-0.39, 0.29) is 17.4 Å². The Morgan fingerprint density at radius 3 is 2.78 bits per heavy atom. The molecule has 0 amide bonds. The maximum atomic E-state index is 10.0. The van der Waals surface area contributed by atoms with Gasteiger partial charge in [-0.15, -0.1) is 0 Å². The summed E-state index contributed by atoms with van der Waals surface area (Å²) in [5, 5.41) is 27.7. The number of aryl methyl sites for hydroxylation is 1. The average Bonchev–Trinajstić information content (AvgIpc) is 2.39. The number of nitrogens with zero attached hydrogens (tertiary/aromatic N) is 2. The van der Waals surface area contributed by atoms with Gasteiger partial charge in [-0.05, 0) is 31.9 Å². The second kappa shape index (κ2) is 5.08. The third-order valence-corrected chi connectivity index (χ3v) is 3.23. The van der Waals surface area contributed by atoms with E-state index in [2.05, 4.69) is 10.2 Å². The molecule has 96 valence electrons. The summed E-state index contributed by atoms with van der Waals surface area (Å²) in [5.41, 5.74) is 7.63. The molecular weight excluding hydrogens is 230 g/mol. The zero-order valence-corrected chi connectivity index (χ0v) is 10.3.